The first kappa shape index (κ1) is 13.0. The molecule has 0 aliphatic rings. The highest BCUT2D eigenvalue weighted by atomic mass is 35.5. The second-order valence-corrected chi connectivity index (χ2v) is 5.55. The molecular weight excluding hydrogens is 250 g/mol. The summed E-state index contributed by atoms with van der Waals surface area (Å²) in [5, 5.41) is 11.0. The lowest BCUT2D eigenvalue weighted by molar-refractivity contribution is -0.142. The quantitative estimate of drug-likeness (QED) is 0.903. The van der Waals surface area contributed by atoms with Gasteiger partial charge in [-0.25, -0.2) is 0 Å². The van der Waals surface area contributed by atoms with Crippen LogP contribution < -0.4 is 0 Å². The number of rotatable bonds is 2. The molecule has 18 heavy (non-hydrogen) atoms. The number of carboxylic acids is 1. The van der Waals surface area contributed by atoms with E-state index in [1.807, 2.05) is 30.7 Å². The topological polar surface area (TPSA) is 42.2 Å². The highest BCUT2D eigenvalue weighted by Crippen LogP contribution is 2.36. The van der Waals surface area contributed by atoms with Gasteiger partial charge in [0.2, 0.25) is 0 Å². The molecule has 1 heterocycles. The molecule has 0 unspecified atom stereocenters. The van der Waals surface area contributed by atoms with Crippen molar-refractivity contribution in [3.8, 4) is 0 Å². The average Bonchev–Trinajstić information content (AvgIpc) is 2.52. The first-order valence-electron chi connectivity index (χ1n) is 5.75. The van der Waals surface area contributed by atoms with E-state index in [0.29, 0.717) is 5.02 Å². The summed E-state index contributed by atoms with van der Waals surface area (Å²) in [6.45, 7) is 5.39. The highest BCUT2D eigenvalue weighted by molar-refractivity contribution is 6.31. The molecule has 0 fully saturated rings. The zero-order valence-corrected chi connectivity index (χ0v) is 11.7. The van der Waals surface area contributed by atoms with Crippen LogP contribution in [0.3, 0.4) is 0 Å². The fourth-order valence-corrected chi connectivity index (χ4v) is 2.60. The Balaban J connectivity index is 2.88. The Morgan fingerprint density at radius 3 is 2.56 bits per heavy atom. The molecule has 0 amide bonds. The monoisotopic (exact) mass is 265 g/mol. The minimum atomic E-state index is -0.919. The van der Waals surface area contributed by atoms with E-state index in [9.17, 15) is 9.90 Å². The highest BCUT2D eigenvalue weighted by Gasteiger charge is 2.34. The van der Waals surface area contributed by atoms with E-state index >= 15 is 0 Å². The number of benzene rings is 1. The van der Waals surface area contributed by atoms with Crippen LogP contribution in [-0.2, 0) is 17.3 Å². The van der Waals surface area contributed by atoms with Gasteiger partial charge in [0.15, 0.2) is 0 Å². The van der Waals surface area contributed by atoms with Gasteiger partial charge < -0.3 is 9.67 Å². The maximum atomic E-state index is 11.5. The lowest BCUT2D eigenvalue weighted by Gasteiger charge is -2.20. The summed E-state index contributed by atoms with van der Waals surface area (Å²) >= 11 is 6.00. The minimum Gasteiger partial charge on any atom is -0.481 e. The molecule has 0 bridgehead atoms. The van der Waals surface area contributed by atoms with Crippen molar-refractivity contribution in [1.82, 2.24) is 4.57 Å². The van der Waals surface area contributed by atoms with Crippen molar-refractivity contribution in [3.63, 3.8) is 0 Å². The van der Waals surface area contributed by atoms with Gasteiger partial charge in [0, 0.05) is 28.7 Å². The third kappa shape index (κ3) is 1.70. The molecular formula is C14H16ClNO2. The van der Waals surface area contributed by atoms with E-state index < -0.39 is 11.4 Å². The van der Waals surface area contributed by atoms with Crippen LogP contribution in [0.1, 0.15) is 25.1 Å². The number of fused-ring (bicyclic) bond motifs is 1. The fourth-order valence-electron chi connectivity index (χ4n) is 2.43. The van der Waals surface area contributed by atoms with Crippen LogP contribution in [0.2, 0.25) is 5.02 Å². The van der Waals surface area contributed by atoms with Gasteiger partial charge in [0.1, 0.15) is 0 Å². The Bertz CT molecular complexity index is 641. The Morgan fingerprint density at radius 2 is 2.00 bits per heavy atom. The van der Waals surface area contributed by atoms with E-state index in [-0.39, 0.29) is 0 Å². The van der Waals surface area contributed by atoms with Crippen LogP contribution in [0.25, 0.3) is 10.9 Å². The third-order valence-electron chi connectivity index (χ3n) is 3.62. The van der Waals surface area contributed by atoms with Gasteiger partial charge in [-0.3, -0.25) is 4.79 Å². The van der Waals surface area contributed by atoms with Gasteiger partial charge in [-0.1, -0.05) is 17.7 Å². The fraction of sp³-hybridized carbons (Fsp3) is 0.357. The summed E-state index contributed by atoms with van der Waals surface area (Å²) in [4.78, 5) is 11.5. The summed E-state index contributed by atoms with van der Waals surface area (Å²) in [6.07, 6.45) is 0. The zero-order valence-electron chi connectivity index (χ0n) is 10.9. The smallest absolute Gasteiger partial charge is 0.313 e. The van der Waals surface area contributed by atoms with Crippen LogP contribution in [0.5, 0.6) is 0 Å². The Morgan fingerprint density at radius 1 is 1.39 bits per heavy atom. The van der Waals surface area contributed by atoms with Gasteiger partial charge in [0.05, 0.1) is 5.41 Å². The largest absolute Gasteiger partial charge is 0.481 e. The second-order valence-electron chi connectivity index (χ2n) is 5.11. The number of aliphatic carboxylic acids is 1. The SMILES string of the molecule is Cc1c(C(C)(C)C(=O)O)c2ccc(Cl)cc2n1C. The van der Waals surface area contributed by atoms with Gasteiger partial charge in [-0.15, -0.1) is 0 Å². The molecule has 4 heteroatoms. The molecule has 1 aromatic carbocycles. The number of carbonyl (C=O) groups is 1. The summed E-state index contributed by atoms with van der Waals surface area (Å²) in [7, 11) is 1.93. The number of hydrogen-bond acceptors (Lipinski definition) is 1. The van der Waals surface area contributed by atoms with E-state index in [4.69, 9.17) is 11.6 Å². The molecule has 0 radical (unpaired) electrons. The molecule has 0 atom stereocenters. The molecule has 0 spiro atoms. The first-order chi connectivity index (χ1) is 8.26. The van der Waals surface area contributed by atoms with Crippen molar-refractivity contribution in [2.24, 2.45) is 7.05 Å². The average molecular weight is 266 g/mol. The van der Waals surface area contributed by atoms with Gasteiger partial charge in [0.25, 0.3) is 0 Å². The lowest BCUT2D eigenvalue weighted by Crippen LogP contribution is -2.29. The summed E-state index contributed by atoms with van der Waals surface area (Å²) in [5.74, 6) is -0.826. The van der Waals surface area contributed by atoms with Crippen LogP contribution in [0.4, 0.5) is 0 Å². The van der Waals surface area contributed by atoms with Crippen molar-refractivity contribution in [3.05, 3.63) is 34.5 Å². The van der Waals surface area contributed by atoms with Gasteiger partial charge in [-0.05, 0) is 38.5 Å². The van der Waals surface area contributed by atoms with Crippen molar-refractivity contribution < 1.29 is 9.90 Å². The number of nitrogens with zero attached hydrogens (tertiary/aromatic N) is 1. The number of carboxylic acid groups (broad SMARTS) is 1. The molecule has 2 rings (SSSR count). The Kier molecular flexibility index (Phi) is 2.90. The van der Waals surface area contributed by atoms with Crippen LogP contribution >= 0.6 is 11.6 Å². The van der Waals surface area contributed by atoms with Crippen molar-refractivity contribution in [2.75, 3.05) is 0 Å². The summed E-state index contributed by atoms with van der Waals surface area (Å²) in [5.41, 5.74) is 1.85. The van der Waals surface area contributed by atoms with Crippen molar-refractivity contribution in [2.45, 2.75) is 26.2 Å². The number of hydrogen-bond donors (Lipinski definition) is 1. The number of halogens is 1. The van der Waals surface area contributed by atoms with Gasteiger partial charge in [-0.2, -0.15) is 0 Å². The van der Waals surface area contributed by atoms with Gasteiger partial charge >= 0.3 is 5.97 Å². The zero-order chi connectivity index (χ0) is 13.7. The van der Waals surface area contributed by atoms with Crippen LogP contribution in [0.15, 0.2) is 18.2 Å². The lowest BCUT2D eigenvalue weighted by atomic mass is 9.83. The second kappa shape index (κ2) is 4.02. The molecule has 0 aliphatic heterocycles. The molecule has 1 N–H and O–H groups in total. The normalized spacial score (nSPS) is 12.1. The molecule has 0 aliphatic carbocycles. The van der Waals surface area contributed by atoms with Crippen LogP contribution in [-0.4, -0.2) is 15.6 Å². The van der Waals surface area contributed by atoms with E-state index in [2.05, 4.69) is 0 Å². The Labute approximate surface area is 111 Å². The molecule has 1 aromatic heterocycles. The standard InChI is InChI=1S/C14H16ClNO2/c1-8-12(14(2,3)13(17)18)10-6-5-9(15)7-11(10)16(8)4/h5-7H,1-4H3,(H,17,18). The molecule has 3 nitrogen and oxygen atoms in total. The predicted molar refractivity (Wildman–Crippen MR) is 73.3 cm³/mol. The van der Waals surface area contributed by atoms with E-state index in [1.54, 1.807) is 19.9 Å². The Hall–Kier alpha value is -1.48. The maximum absolute atomic E-state index is 11.5. The van der Waals surface area contributed by atoms with Crippen molar-refractivity contribution >= 4 is 28.5 Å². The summed E-state index contributed by atoms with van der Waals surface area (Å²) in [6, 6.07) is 5.56. The third-order valence-corrected chi connectivity index (χ3v) is 3.85. The van der Waals surface area contributed by atoms with Crippen molar-refractivity contribution in [1.29, 1.82) is 0 Å². The minimum absolute atomic E-state index is 0.655. The molecule has 0 saturated heterocycles. The molecule has 2 aromatic rings. The molecule has 96 valence electrons. The molecule has 0 saturated carbocycles. The van der Waals surface area contributed by atoms with Crippen LogP contribution in [0, 0.1) is 6.92 Å². The summed E-state index contributed by atoms with van der Waals surface area (Å²) < 4.78 is 1.99. The van der Waals surface area contributed by atoms with E-state index in [0.717, 1.165) is 22.2 Å². The van der Waals surface area contributed by atoms with E-state index in [1.165, 1.54) is 0 Å². The predicted octanol–water partition coefficient (Wildman–Crippen LogP) is 3.50. The first-order valence-corrected chi connectivity index (χ1v) is 6.13. The number of aryl methyl sites for hydroxylation is 1. The number of aromatic nitrogens is 1. The maximum Gasteiger partial charge on any atom is 0.313 e.